The second-order valence-electron chi connectivity index (χ2n) is 7.86. The van der Waals surface area contributed by atoms with Crippen molar-refractivity contribution in [2.75, 3.05) is 26.2 Å². The number of benzene rings is 1. The van der Waals surface area contributed by atoms with Gasteiger partial charge in [-0.05, 0) is 18.8 Å². The summed E-state index contributed by atoms with van der Waals surface area (Å²) in [5.74, 6) is 1.01. The van der Waals surface area contributed by atoms with Crippen LogP contribution in [0.15, 0.2) is 35.7 Å². The van der Waals surface area contributed by atoms with Crippen molar-refractivity contribution in [3.63, 3.8) is 0 Å². The molecule has 1 amide bonds. The van der Waals surface area contributed by atoms with Gasteiger partial charge in [0.25, 0.3) is 0 Å². The van der Waals surface area contributed by atoms with E-state index in [1.165, 1.54) is 37.7 Å². The van der Waals surface area contributed by atoms with Crippen LogP contribution in [0.2, 0.25) is 0 Å². The number of piperazine rings is 1. The minimum atomic E-state index is 0.377. The smallest absolute Gasteiger partial charge is 0.222 e. The normalized spacial score (nSPS) is 19.3. The molecule has 27 heavy (non-hydrogen) atoms. The van der Waals surface area contributed by atoms with Crippen LogP contribution in [0.5, 0.6) is 0 Å². The van der Waals surface area contributed by atoms with E-state index in [1.807, 2.05) is 6.07 Å². The van der Waals surface area contributed by atoms with Gasteiger partial charge < -0.3 is 4.90 Å². The molecule has 2 aromatic rings. The number of nitrogens with zero attached hydrogens (tertiary/aromatic N) is 3. The molecule has 1 saturated heterocycles. The highest BCUT2D eigenvalue weighted by Crippen LogP contribution is 2.27. The number of hydrogen-bond donors (Lipinski definition) is 0. The van der Waals surface area contributed by atoms with Crippen molar-refractivity contribution in [3.05, 3.63) is 40.7 Å². The minimum absolute atomic E-state index is 0.377. The maximum Gasteiger partial charge on any atom is 0.222 e. The first-order valence-electron chi connectivity index (χ1n) is 10.3. The van der Waals surface area contributed by atoms with E-state index >= 15 is 0 Å². The molecule has 4 nitrogen and oxygen atoms in total. The zero-order valence-electron chi connectivity index (χ0n) is 16.0. The lowest BCUT2D eigenvalue weighted by molar-refractivity contribution is -0.134. The Morgan fingerprint density at radius 3 is 2.52 bits per heavy atom. The van der Waals surface area contributed by atoms with Gasteiger partial charge >= 0.3 is 0 Å². The molecule has 2 heterocycles. The van der Waals surface area contributed by atoms with Crippen LogP contribution in [-0.4, -0.2) is 46.9 Å². The maximum absolute atomic E-state index is 12.6. The van der Waals surface area contributed by atoms with E-state index in [0.717, 1.165) is 49.8 Å². The standard InChI is InChI=1S/C22H29N3OS/c26-22(15-18-7-3-1-4-8-18)25-13-11-24(12-14-25)16-21-23-20(17-27-21)19-9-5-2-6-10-19/h2,5-6,9-10,17-18H,1,3-4,7-8,11-16H2. The Labute approximate surface area is 166 Å². The van der Waals surface area contributed by atoms with Crippen molar-refractivity contribution in [2.24, 2.45) is 5.92 Å². The summed E-state index contributed by atoms with van der Waals surface area (Å²) in [6.45, 7) is 4.53. The minimum Gasteiger partial charge on any atom is -0.340 e. The number of aromatic nitrogens is 1. The van der Waals surface area contributed by atoms with Crippen LogP contribution in [0, 0.1) is 5.92 Å². The molecule has 1 aromatic carbocycles. The van der Waals surface area contributed by atoms with Gasteiger partial charge in [0, 0.05) is 43.5 Å². The molecule has 0 unspecified atom stereocenters. The summed E-state index contributed by atoms with van der Waals surface area (Å²) in [5, 5.41) is 3.31. The third kappa shape index (κ3) is 4.96. The Morgan fingerprint density at radius 2 is 1.78 bits per heavy atom. The maximum atomic E-state index is 12.6. The number of rotatable bonds is 5. The Hall–Kier alpha value is -1.72. The molecule has 0 bridgehead atoms. The van der Waals surface area contributed by atoms with Crippen molar-refractivity contribution in [2.45, 2.75) is 45.1 Å². The molecule has 4 rings (SSSR count). The summed E-state index contributed by atoms with van der Waals surface area (Å²) >= 11 is 1.74. The van der Waals surface area contributed by atoms with E-state index in [1.54, 1.807) is 11.3 Å². The van der Waals surface area contributed by atoms with Crippen LogP contribution >= 0.6 is 11.3 Å². The summed E-state index contributed by atoms with van der Waals surface area (Å²) in [4.78, 5) is 21.9. The summed E-state index contributed by atoms with van der Waals surface area (Å²) < 4.78 is 0. The van der Waals surface area contributed by atoms with Crippen molar-refractivity contribution in [3.8, 4) is 11.3 Å². The Morgan fingerprint density at radius 1 is 1.04 bits per heavy atom. The van der Waals surface area contributed by atoms with Crippen LogP contribution in [-0.2, 0) is 11.3 Å². The molecule has 5 heteroatoms. The second kappa shape index (κ2) is 8.98. The van der Waals surface area contributed by atoms with Gasteiger partial charge in [-0.15, -0.1) is 11.3 Å². The first kappa shape index (κ1) is 18.6. The molecule has 0 N–H and O–H groups in total. The first-order chi connectivity index (χ1) is 13.3. The molecule has 1 aromatic heterocycles. The van der Waals surface area contributed by atoms with Crippen molar-refractivity contribution in [1.29, 1.82) is 0 Å². The largest absolute Gasteiger partial charge is 0.340 e. The molecule has 2 fully saturated rings. The van der Waals surface area contributed by atoms with Gasteiger partial charge in [0.2, 0.25) is 5.91 Å². The average molecular weight is 384 g/mol. The van der Waals surface area contributed by atoms with E-state index in [2.05, 4.69) is 39.4 Å². The molecule has 144 valence electrons. The summed E-state index contributed by atoms with van der Waals surface area (Å²) in [5.41, 5.74) is 2.25. The topological polar surface area (TPSA) is 36.4 Å². The number of carbonyl (C=O) groups excluding carboxylic acids is 1. The molecule has 0 spiro atoms. The van der Waals surface area contributed by atoms with Gasteiger partial charge in [0.05, 0.1) is 12.2 Å². The number of amides is 1. The number of carbonyl (C=O) groups is 1. The molecular weight excluding hydrogens is 354 g/mol. The molecular formula is C22H29N3OS. The lowest BCUT2D eigenvalue weighted by Crippen LogP contribution is -2.48. The molecule has 0 radical (unpaired) electrons. The van der Waals surface area contributed by atoms with Gasteiger partial charge in [0.1, 0.15) is 5.01 Å². The second-order valence-corrected chi connectivity index (χ2v) is 8.80. The van der Waals surface area contributed by atoms with E-state index in [0.29, 0.717) is 11.8 Å². The van der Waals surface area contributed by atoms with Crippen molar-refractivity contribution in [1.82, 2.24) is 14.8 Å². The van der Waals surface area contributed by atoms with E-state index in [9.17, 15) is 4.79 Å². The molecule has 1 aliphatic carbocycles. The molecule has 2 aliphatic rings. The van der Waals surface area contributed by atoms with Gasteiger partial charge in [0.15, 0.2) is 0 Å². The number of thiazole rings is 1. The van der Waals surface area contributed by atoms with Crippen LogP contribution in [0.3, 0.4) is 0 Å². The monoisotopic (exact) mass is 383 g/mol. The Bertz CT molecular complexity index is 731. The highest BCUT2D eigenvalue weighted by atomic mass is 32.1. The predicted octanol–water partition coefficient (Wildman–Crippen LogP) is 4.42. The van der Waals surface area contributed by atoms with E-state index in [4.69, 9.17) is 4.98 Å². The van der Waals surface area contributed by atoms with Crippen LogP contribution < -0.4 is 0 Å². The van der Waals surface area contributed by atoms with E-state index in [-0.39, 0.29) is 0 Å². The zero-order chi connectivity index (χ0) is 18.5. The van der Waals surface area contributed by atoms with Crippen molar-refractivity contribution < 1.29 is 4.79 Å². The van der Waals surface area contributed by atoms with Crippen molar-refractivity contribution >= 4 is 17.2 Å². The third-order valence-electron chi connectivity index (χ3n) is 5.89. The summed E-state index contributed by atoms with van der Waals surface area (Å²) in [7, 11) is 0. The fourth-order valence-electron chi connectivity index (χ4n) is 4.24. The summed E-state index contributed by atoms with van der Waals surface area (Å²) in [6, 6.07) is 10.4. The number of hydrogen-bond acceptors (Lipinski definition) is 4. The highest BCUT2D eigenvalue weighted by molar-refractivity contribution is 7.09. The lowest BCUT2D eigenvalue weighted by Gasteiger charge is -2.35. The average Bonchev–Trinajstić information content (AvgIpc) is 3.18. The first-order valence-corrected chi connectivity index (χ1v) is 11.2. The third-order valence-corrected chi connectivity index (χ3v) is 6.73. The van der Waals surface area contributed by atoms with Gasteiger partial charge in [-0.25, -0.2) is 4.98 Å². The van der Waals surface area contributed by atoms with Crippen LogP contribution in [0.25, 0.3) is 11.3 Å². The quantitative estimate of drug-likeness (QED) is 0.767. The highest BCUT2D eigenvalue weighted by Gasteiger charge is 2.24. The Balaban J connectivity index is 1.25. The SMILES string of the molecule is O=C(CC1CCCCC1)N1CCN(Cc2nc(-c3ccccc3)cs2)CC1. The van der Waals surface area contributed by atoms with Crippen LogP contribution in [0.4, 0.5) is 0 Å². The fraction of sp³-hybridized carbons (Fsp3) is 0.545. The Kier molecular flexibility index (Phi) is 6.20. The molecule has 1 saturated carbocycles. The predicted molar refractivity (Wildman–Crippen MR) is 111 cm³/mol. The molecule has 1 aliphatic heterocycles. The molecule has 0 atom stereocenters. The van der Waals surface area contributed by atoms with E-state index < -0.39 is 0 Å². The summed E-state index contributed by atoms with van der Waals surface area (Å²) in [6.07, 6.45) is 7.24. The van der Waals surface area contributed by atoms with Crippen LogP contribution in [0.1, 0.15) is 43.5 Å². The van der Waals surface area contributed by atoms with Gasteiger partial charge in [-0.3, -0.25) is 9.69 Å². The van der Waals surface area contributed by atoms with Gasteiger partial charge in [-0.1, -0.05) is 49.6 Å². The fourth-order valence-corrected chi connectivity index (χ4v) is 5.08. The zero-order valence-corrected chi connectivity index (χ0v) is 16.8. The van der Waals surface area contributed by atoms with Gasteiger partial charge in [-0.2, -0.15) is 0 Å². The lowest BCUT2D eigenvalue weighted by atomic mass is 9.86.